The lowest BCUT2D eigenvalue weighted by atomic mass is 9.67. The van der Waals surface area contributed by atoms with E-state index in [2.05, 4.69) is 164 Å². The molecule has 0 unspecified atom stereocenters. The van der Waals surface area contributed by atoms with Crippen LogP contribution in [0.2, 0.25) is 0 Å². The number of nitrogens with zero attached hydrogens (tertiary/aromatic N) is 1. The number of benzene rings is 7. The molecule has 0 fully saturated rings. The van der Waals surface area contributed by atoms with E-state index in [0.717, 1.165) is 16.7 Å². The number of nitrogens with two attached hydrogens (primary N) is 1. The summed E-state index contributed by atoms with van der Waals surface area (Å²) in [6, 6.07) is 61.1. The standard InChI is InChI=1S/C46H32N2/c1-31(26-38(48)30-47)33-16-13-17-35(27-33)42-29-44-45(40-23-12-11-22-39(40)42)41-25-24-34(32-14-5-2-6-15-32)28-43(41)46(44,36-18-7-3-8-19-36)37-20-9-4-10-21-37/h2-29H,1,48H2/b38-26-. The molecule has 1 aliphatic rings. The van der Waals surface area contributed by atoms with Gasteiger partial charge in [-0.3, -0.25) is 0 Å². The highest BCUT2D eigenvalue weighted by Gasteiger charge is 2.47. The van der Waals surface area contributed by atoms with Gasteiger partial charge in [0.2, 0.25) is 0 Å². The van der Waals surface area contributed by atoms with Crippen LogP contribution in [0, 0.1) is 11.3 Å². The summed E-state index contributed by atoms with van der Waals surface area (Å²) in [6.07, 6.45) is 1.64. The van der Waals surface area contributed by atoms with E-state index < -0.39 is 5.41 Å². The third-order valence-corrected chi connectivity index (χ3v) is 9.67. The highest BCUT2D eigenvalue weighted by molar-refractivity contribution is 6.10. The second-order valence-corrected chi connectivity index (χ2v) is 12.3. The quantitative estimate of drug-likeness (QED) is 0.150. The van der Waals surface area contributed by atoms with Gasteiger partial charge >= 0.3 is 0 Å². The first kappa shape index (κ1) is 29.0. The lowest BCUT2D eigenvalue weighted by Crippen LogP contribution is -2.28. The van der Waals surface area contributed by atoms with Crippen molar-refractivity contribution in [1.82, 2.24) is 0 Å². The molecule has 1 aliphatic carbocycles. The highest BCUT2D eigenvalue weighted by atomic mass is 14.6. The number of hydrogen-bond donors (Lipinski definition) is 1. The van der Waals surface area contributed by atoms with Crippen LogP contribution in [0.4, 0.5) is 0 Å². The van der Waals surface area contributed by atoms with Crippen LogP contribution in [-0.2, 0) is 5.41 Å². The molecule has 48 heavy (non-hydrogen) atoms. The van der Waals surface area contributed by atoms with Crippen molar-refractivity contribution < 1.29 is 0 Å². The molecule has 0 saturated carbocycles. The van der Waals surface area contributed by atoms with Gasteiger partial charge in [0.25, 0.3) is 0 Å². The van der Waals surface area contributed by atoms with Crippen LogP contribution in [-0.4, -0.2) is 0 Å². The number of allylic oxidation sites excluding steroid dienone is 3. The minimum Gasteiger partial charge on any atom is -0.390 e. The number of rotatable bonds is 6. The Morgan fingerprint density at radius 2 is 1.17 bits per heavy atom. The van der Waals surface area contributed by atoms with Gasteiger partial charge in [0.05, 0.1) is 5.41 Å². The van der Waals surface area contributed by atoms with Crippen LogP contribution in [0.3, 0.4) is 0 Å². The Hall–Kier alpha value is -6.43. The van der Waals surface area contributed by atoms with Crippen molar-refractivity contribution in [1.29, 1.82) is 5.26 Å². The molecule has 0 aliphatic heterocycles. The van der Waals surface area contributed by atoms with Gasteiger partial charge in [0, 0.05) is 0 Å². The van der Waals surface area contributed by atoms with Gasteiger partial charge in [0.15, 0.2) is 0 Å². The van der Waals surface area contributed by atoms with Gasteiger partial charge in [-0.25, -0.2) is 0 Å². The highest BCUT2D eigenvalue weighted by Crippen LogP contribution is 2.59. The monoisotopic (exact) mass is 612 g/mol. The fourth-order valence-electron chi connectivity index (χ4n) is 7.58. The van der Waals surface area contributed by atoms with Crippen LogP contribution in [0.25, 0.3) is 49.7 Å². The predicted octanol–water partition coefficient (Wildman–Crippen LogP) is 10.9. The first-order valence-corrected chi connectivity index (χ1v) is 16.1. The molecule has 0 spiro atoms. The lowest BCUT2D eigenvalue weighted by molar-refractivity contribution is 0.769. The van der Waals surface area contributed by atoms with E-state index in [0.29, 0.717) is 5.57 Å². The molecule has 2 N–H and O–H groups in total. The van der Waals surface area contributed by atoms with Crippen molar-refractivity contribution >= 4 is 16.3 Å². The molecule has 2 nitrogen and oxygen atoms in total. The van der Waals surface area contributed by atoms with Gasteiger partial charge in [-0.15, -0.1) is 0 Å². The Morgan fingerprint density at radius 1 is 0.562 bits per heavy atom. The molecular formula is C46H32N2. The maximum absolute atomic E-state index is 9.28. The fraction of sp³-hybridized carbons (Fsp3) is 0.0217. The fourth-order valence-corrected chi connectivity index (χ4v) is 7.58. The molecule has 8 rings (SSSR count). The van der Waals surface area contributed by atoms with E-state index in [-0.39, 0.29) is 5.70 Å². The Labute approximate surface area is 281 Å². The summed E-state index contributed by atoms with van der Waals surface area (Å²) < 4.78 is 0. The van der Waals surface area contributed by atoms with E-state index in [1.54, 1.807) is 6.08 Å². The predicted molar refractivity (Wildman–Crippen MR) is 199 cm³/mol. The van der Waals surface area contributed by atoms with Crippen molar-refractivity contribution in [2.75, 3.05) is 0 Å². The molecule has 7 aromatic carbocycles. The van der Waals surface area contributed by atoms with Crippen molar-refractivity contribution in [3.63, 3.8) is 0 Å². The molecular weight excluding hydrogens is 581 g/mol. The Kier molecular flexibility index (Phi) is 7.09. The number of fused-ring (bicyclic) bond motifs is 5. The van der Waals surface area contributed by atoms with Crippen LogP contribution in [0.1, 0.15) is 27.8 Å². The average molecular weight is 613 g/mol. The summed E-state index contributed by atoms with van der Waals surface area (Å²) in [5.74, 6) is 0. The van der Waals surface area contributed by atoms with Gasteiger partial charge in [-0.2, -0.15) is 5.26 Å². The molecule has 0 radical (unpaired) electrons. The van der Waals surface area contributed by atoms with E-state index in [1.165, 1.54) is 55.3 Å². The van der Waals surface area contributed by atoms with Gasteiger partial charge < -0.3 is 5.73 Å². The topological polar surface area (TPSA) is 49.8 Å². The number of nitriles is 1. The third kappa shape index (κ3) is 4.56. The SMILES string of the molecule is C=C(/C=C(\N)C#N)c1cccc(-c2cc3c(c4ccccc24)-c2ccc(-c4ccccc4)cc2C3(c2ccccc2)c2ccccc2)c1. The summed E-state index contributed by atoms with van der Waals surface area (Å²) in [6.45, 7) is 4.22. The van der Waals surface area contributed by atoms with Crippen molar-refractivity contribution in [2.45, 2.75) is 5.41 Å². The second-order valence-electron chi connectivity index (χ2n) is 12.3. The average Bonchev–Trinajstić information content (AvgIpc) is 3.46. The molecule has 0 bridgehead atoms. The molecule has 0 heterocycles. The smallest absolute Gasteiger partial charge is 0.117 e. The Morgan fingerprint density at radius 3 is 1.83 bits per heavy atom. The molecule has 226 valence electrons. The van der Waals surface area contributed by atoms with Crippen molar-refractivity contribution in [2.24, 2.45) is 5.73 Å². The molecule has 0 amide bonds. The third-order valence-electron chi connectivity index (χ3n) is 9.67. The van der Waals surface area contributed by atoms with Crippen molar-refractivity contribution in [3.05, 3.63) is 210 Å². The van der Waals surface area contributed by atoms with E-state index >= 15 is 0 Å². The minimum atomic E-state index is -0.568. The van der Waals surface area contributed by atoms with Crippen LogP contribution < -0.4 is 5.73 Å². The van der Waals surface area contributed by atoms with Gasteiger partial charge in [-0.1, -0.05) is 152 Å². The maximum atomic E-state index is 9.28. The molecule has 0 atom stereocenters. The summed E-state index contributed by atoms with van der Waals surface area (Å²) in [4.78, 5) is 0. The van der Waals surface area contributed by atoms with Crippen molar-refractivity contribution in [3.8, 4) is 39.4 Å². The summed E-state index contributed by atoms with van der Waals surface area (Å²) in [5.41, 5.74) is 19.2. The maximum Gasteiger partial charge on any atom is 0.117 e. The van der Waals surface area contributed by atoms with E-state index in [9.17, 15) is 5.26 Å². The van der Waals surface area contributed by atoms with E-state index in [4.69, 9.17) is 5.73 Å². The first-order valence-electron chi connectivity index (χ1n) is 16.1. The normalized spacial score (nSPS) is 13.0. The zero-order valence-electron chi connectivity index (χ0n) is 26.4. The van der Waals surface area contributed by atoms with Gasteiger partial charge in [-0.05, 0) is 102 Å². The molecule has 7 aromatic rings. The summed E-state index contributed by atoms with van der Waals surface area (Å²) >= 11 is 0. The largest absolute Gasteiger partial charge is 0.390 e. The summed E-state index contributed by atoms with van der Waals surface area (Å²) in [7, 11) is 0. The van der Waals surface area contributed by atoms with Crippen LogP contribution >= 0.6 is 0 Å². The van der Waals surface area contributed by atoms with Crippen LogP contribution in [0.15, 0.2) is 182 Å². The van der Waals surface area contributed by atoms with E-state index in [1.807, 2.05) is 12.1 Å². The van der Waals surface area contributed by atoms with Gasteiger partial charge in [0.1, 0.15) is 11.8 Å². The first-order chi connectivity index (χ1) is 23.6. The summed E-state index contributed by atoms with van der Waals surface area (Å²) in [5, 5.41) is 11.7. The Bertz CT molecular complexity index is 2370. The Balaban J connectivity index is 1.49. The zero-order chi connectivity index (χ0) is 32.7. The number of hydrogen-bond acceptors (Lipinski definition) is 2. The minimum absolute atomic E-state index is 0.136. The zero-order valence-corrected chi connectivity index (χ0v) is 26.4. The molecule has 2 heteroatoms. The lowest BCUT2D eigenvalue weighted by Gasteiger charge is -2.34. The molecule has 0 aromatic heterocycles. The molecule has 0 saturated heterocycles. The van der Waals surface area contributed by atoms with Crippen LogP contribution in [0.5, 0.6) is 0 Å². The second kappa shape index (κ2) is 11.7.